The lowest BCUT2D eigenvalue weighted by molar-refractivity contribution is -0.116. The number of hydrogen-bond acceptors (Lipinski definition) is 2. The van der Waals surface area contributed by atoms with Crippen LogP contribution in [0.25, 0.3) is 11.1 Å². The van der Waals surface area contributed by atoms with E-state index in [-0.39, 0.29) is 24.6 Å². The molecule has 0 saturated heterocycles. The van der Waals surface area contributed by atoms with E-state index in [0.717, 1.165) is 16.7 Å². The van der Waals surface area contributed by atoms with Gasteiger partial charge in [0, 0.05) is 5.56 Å². The molecule has 0 aliphatic heterocycles. The summed E-state index contributed by atoms with van der Waals surface area (Å²) in [6.45, 7) is 2.06. The molecule has 26 heavy (non-hydrogen) atoms. The summed E-state index contributed by atoms with van der Waals surface area (Å²) in [6, 6.07) is 22.2. The van der Waals surface area contributed by atoms with Crippen molar-refractivity contribution in [2.24, 2.45) is 0 Å². The molecule has 0 bridgehead atoms. The highest BCUT2D eigenvalue weighted by Crippen LogP contribution is 2.29. The van der Waals surface area contributed by atoms with Gasteiger partial charge in [-0.15, -0.1) is 0 Å². The largest absolute Gasteiger partial charge is 0.492 e. The predicted molar refractivity (Wildman–Crippen MR) is 102 cm³/mol. The molecular formula is C22H20FNO2. The van der Waals surface area contributed by atoms with Crippen LogP contribution in [0.3, 0.4) is 0 Å². The number of halogens is 1. The smallest absolute Gasteiger partial charge is 0.227 e. The highest BCUT2D eigenvalue weighted by molar-refractivity contribution is 5.91. The number of para-hydroxylation sites is 1. The fraction of sp³-hybridized carbons (Fsp3) is 0.136. The first-order valence-electron chi connectivity index (χ1n) is 8.47. The van der Waals surface area contributed by atoms with Crippen molar-refractivity contribution in [3.63, 3.8) is 0 Å². The van der Waals surface area contributed by atoms with E-state index in [9.17, 15) is 9.18 Å². The lowest BCUT2D eigenvalue weighted by Gasteiger charge is -2.12. The van der Waals surface area contributed by atoms with Crippen molar-refractivity contribution in [3.05, 3.63) is 84.2 Å². The summed E-state index contributed by atoms with van der Waals surface area (Å²) in [4.78, 5) is 12.1. The monoisotopic (exact) mass is 349 g/mol. The third-order valence-electron chi connectivity index (χ3n) is 3.95. The minimum atomic E-state index is -0.445. The Morgan fingerprint density at radius 1 is 1.00 bits per heavy atom. The van der Waals surface area contributed by atoms with Crippen LogP contribution in [0.15, 0.2) is 72.8 Å². The number of nitrogens with one attached hydrogen (secondary N) is 1. The summed E-state index contributed by atoms with van der Waals surface area (Å²) in [5.74, 6) is -0.0146. The molecular weight excluding hydrogens is 329 g/mol. The predicted octanol–water partition coefficient (Wildman–Crippen LogP) is 5.21. The van der Waals surface area contributed by atoms with Gasteiger partial charge in [-0.2, -0.15) is 0 Å². The normalized spacial score (nSPS) is 10.4. The number of aryl methyl sites for hydroxylation is 1. The number of ether oxygens (including phenoxy) is 1. The van der Waals surface area contributed by atoms with Crippen LogP contribution in [0.2, 0.25) is 0 Å². The van der Waals surface area contributed by atoms with Crippen molar-refractivity contribution >= 4 is 11.6 Å². The van der Waals surface area contributed by atoms with Crippen LogP contribution < -0.4 is 10.1 Å². The van der Waals surface area contributed by atoms with Crippen molar-refractivity contribution in [2.75, 3.05) is 11.9 Å². The Balaban J connectivity index is 1.60. The minimum Gasteiger partial charge on any atom is -0.492 e. The molecule has 3 nitrogen and oxygen atoms in total. The van der Waals surface area contributed by atoms with E-state index in [0.29, 0.717) is 5.75 Å². The molecule has 0 unspecified atom stereocenters. The van der Waals surface area contributed by atoms with E-state index >= 15 is 0 Å². The topological polar surface area (TPSA) is 38.3 Å². The van der Waals surface area contributed by atoms with E-state index < -0.39 is 5.82 Å². The highest BCUT2D eigenvalue weighted by Gasteiger charge is 2.09. The summed E-state index contributed by atoms with van der Waals surface area (Å²) < 4.78 is 19.5. The minimum absolute atomic E-state index is 0.135. The summed E-state index contributed by atoms with van der Waals surface area (Å²) >= 11 is 0. The van der Waals surface area contributed by atoms with E-state index in [1.54, 1.807) is 12.1 Å². The van der Waals surface area contributed by atoms with E-state index in [1.165, 1.54) is 6.07 Å². The summed E-state index contributed by atoms with van der Waals surface area (Å²) in [6.07, 6.45) is 0.135. The van der Waals surface area contributed by atoms with Crippen LogP contribution in [-0.2, 0) is 4.79 Å². The Labute approximate surface area is 152 Å². The Kier molecular flexibility index (Phi) is 5.64. The van der Waals surface area contributed by atoms with Gasteiger partial charge in [-0.1, -0.05) is 54.6 Å². The molecule has 0 aliphatic carbocycles. The lowest BCUT2D eigenvalue weighted by atomic mass is 10.1. The van der Waals surface area contributed by atoms with E-state index in [1.807, 2.05) is 61.5 Å². The third kappa shape index (κ3) is 4.48. The maximum absolute atomic E-state index is 13.7. The van der Waals surface area contributed by atoms with Crippen molar-refractivity contribution in [1.29, 1.82) is 0 Å². The molecule has 0 aliphatic rings. The molecule has 0 fully saturated rings. The molecule has 1 amide bonds. The average Bonchev–Trinajstić information content (AvgIpc) is 2.66. The van der Waals surface area contributed by atoms with E-state index in [4.69, 9.17) is 4.74 Å². The Morgan fingerprint density at radius 3 is 2.54 bits per heavy atom. The van der Waals surface area contributed by atoms with Gasteiger partial charge in [0.25, 0.3) is 0 Å². The van der Waals surface area contributed by atoms with Gasteiger partial charge in [0.1, 0.15) is 11.6 Å². The van der Waals surface area contributed by atoms with Gasteiger partial charge in [-0.05, 0) is 36.2 Å². The second-order valence-electron chi connectivity index (χ2n) is 5.99. The van der Waals surface area contributed by atoms with Crippen LogP contribution >= 0.6 is 0 Å². The molecule has 132 valence electrons. The molecule has 0 heterocycles. The lowest BCUT2D eigenvalue weighted by Crippen LogP contribution is -2.16. The molecule has 0 aromatic heterocycles. The number of anilines is 1. The van der Waals surface area contributed by atoms with Crippen molar-refractivity contribution in [1.82, 2.24) is 0 Å². The van der Waals surface area contributed by atoms with E-state index in [2.05, 4.69) is 5.32 Å². The molecule has 0 atom stereocenters. The highest BCUT2D eigenvalue weighted by atomic mass is 19.1. The molecule has 3 aromatic rings. The third-order valence-corrected chi connectivity index (χ3v) is 3.95. The first-order valence-corrected chi connectivity index (χ1v) is 8.47. The molecule has 3 aromatic carbocycles. The summed E-state index contributed by atoms with van der Waals surface area (Å²) in [5, 5.41) is 2.59. The molecule has 0 radical (unpaired) electrons. The van der Waals surface area contributed by atoms with Crippen LogP contribution in [0.5, 0.6) is 5.75 Å². The first kappa shape index (κ1) is 17.7. The van der Waals surface area contributed by atoms with Gasteiger partial charge in [0.15, 0.2) is 0 Å². The van der Waals surface area contributed by atoms with Crippen LogP contribution in [-0.4, -0.2) is 12.5 Å². The van der Waals surface area contributed by atoms with Gasteiger partial charge in [-0.3, -0.25) is 4.79 Å². The van der Waals surface area contributed by atoms with Crippen LogP contribution in [0.1, 0.15) is 12.0 Å². The number of amides is 1. The average molecular weight is 349 g/mol. The van der Waals surface area contributed by atoms with Crippen molar-refractivity contribution < 1.29 is 13.9 Å². The number of rotatable bonds is 6. The molecule has 0 saturated carbocycles. The second kappa shape index (κ2) is 8.30. The Morgan fingerprint density at radius 2 is 1.73 bits per heavy atom. The quantitative estimate of drug-likeness (QED) is 0.663. The van der Waals surface area contributed by atoms with Crippen molar-refractivity contribution in [2.45, 2.75) is 13.3 Å². The zero-order valence-electron chi connectivity index (χ0n) is 14.5. The summed E-state index contributed by atoms with van der Waals surface area (Å²) in [7, 11) is 0. The second-order valence-corrected chi connectivity index (χ2v) is 5.99. The maximum atomic E-state index is 13.7. The zero-order chi connectivity index (χ0) is 18.4. The number of benzene rings is 3. The first-order chi connectivity index (χ1) is 12.6. The SMILES string of the molecule is Cc1ccc(F)c(NC(=O)CCOc2ccccc2-c2ccccc2)c1. The Hall–Kier alpha value is -3.14. The molecule has 3 rings (SSSR count). The molecule has 0 spiro atoms. The number of carbonyl (C=O) groups is 1. The number of carbonyl (C=O) groups excluding carboxylic acids is 1. The molecule has 4 heteroatoms. The fourth-order valence-corrected chi connectivity index (χ4v) is 2.65. The zero-order valence-corrected chi connectivity index (χ0v) is 14.5. The van der Waals surface area contributed by atoms with Crippen molar-refractivity contribution in [3.8, 4) is 16.9 Å². The van der Waals surface area contributed by atoms with Crippen LogP contribution in [0, 0.1) is 12.7 Å². The molecule has 1 N–H and O–H groups in total. The maximum Gasteiger partial charge on any atom is 0.227 e. The van der Waals surface area contributed by atoms with Gasteiger partial charge >= 0.3 is 0 Å². The standard InChI is InChI=1S/C22H20FNO2/c1-16-11-12-19(23)20(15-16)24-22(25)13-14-26-21-10-6-5-9-18(21)17-7-3-2-4-8-17/h2-12,15H,13-14H2,1H3,(H,24,25). The van der Waals surface area contributed by atoms with Gasteiger partial charge in [0.05, 0.1) is 18.7 Å². The summed E-state index contributed by atoms with van der Waals surface area (Å²) in [5.41, 5.74) is 3.10. The van der Waals surface area contributed by atoms with Gasteiger partial charge < -0.3 is 10.1 Å². The van der Waals surface area contributed by atoms with Gasteiger partial charge in [-0.25, -0.2) is 4.39 Å². The number of hydrogen-bond donors (Lipinski definition) is 1. The van der Waals surface area contributed by atoms with Crippen LogP contribution in [0.4, 0.5) is 10.1 Å². The fourth-order valence-electron chi connectivity index (χ4n) is 2.65. The Bertz CT molecular complexity index is 894. The van der Waals surface area contributed by atoms with Gasteiger partial charge in [0.2, 0.25) is 5.91 Å².